The molecule has 2 rings (SSSR count). The molecule has 0 aromatic carbocycles. The maximum atomic E-state index is 12.0. The van der Waals surface area contributed by atoms with Crippen molar-refractivity contribution < 1.29 is 8.42 Å². The van der Waals surface area contributed by atoms with E-state index < -0.39 is 10.2 Å². The highest BCUT2D eigenvalue weighted by molar-refractivity contribution is 7.87. The van der Waals surface area contributed by atoms with Gasteiger partial charge in [-0.05, 0) is 33.1 Å². The van der Waals surface area contributed by atoms with Crippen LogP contribution in [-0.2, 0) is 10.2 Å². The van der Waals surface area contributed by atoms with Gasteiger partial charge in [0.25, 0.3) is 10.2 Å². The lowest BCUT2D eigenvalue weighted by Gasteiger charge is -2.30. The number of hydrogen-bond acceptors (Lipinski definition) is 4. The summed E-state index contributed by atoms with van der Waals surface area (Å²) in [5, 5.41) is 1.17. The van der Waals surface area contributed by atoms with E-state index >= 15 is 0 Å². The van der Waals surface area contributed by atoms with Gasteiger partial charge in [-0.15, -0.1) is 11.3 Å². The zero-order chi connectivity index (χ0) is 14.8. The third-order valence-corrected chi connectivity index (χ3v) is 6.57. The van der Waals surface area contributed by atoms with Crippen molar-refractivity contribution in [2.24, 2.45) is 0 Å². The van der Waals surface area contributed by atoms with Crippen LogP contribution in [0.3, 0.4) is 0 Å². The first-order chi connectivity index (χ1) is 9.44. The summed E-state index contributed by atoms with van der Waals surface area (Å²) in [7, 11) is -3.29. The van der Waals surface area contributed by atoms with Crippen molar-refractivity contribution in [2.45, 2.75) is 46.0 Å². The number of nitrogens with zero attached hydrogens (tertiary/aromatic N) is 2. The van der Waals surface area contributed by atoms with Crippen LogP contribution >= 0.6 is 11.3 Å². The number of hydrogen-bond donors (Lipinski definition) is 1. The molecule has 0 aliphatic carbocycles. The van der Waals surface area contributed by atoms with E-state index in [1.807, 2.05) is 13.8 Å². The summed E-state index contributed by atoms with van der Waals surface area (Å²) >= 11 is 1.75. The topological polar surface area (TPSA) is 62.3 Å². The van der Waals surface area contributed by atoms with Crippen molar-refractivity contribution in [2.75, 3.05) is 19.6 Å². The largest absolute Gasteiger partial charge is 0.279 e. The molecule has 1 aromatic rings. The summed E-state index contributed by atoms with van der Waals surface area (Å²) in [6, 6.07) is 0. The van der Waals surface area contributed by atoms with Gasteiger partial charge in [0, 0.05) is 30.4 Å². The fourth-order valence-electron chi connectivity index (χ4n) is 2.34. The molecule has 7 heteroatoms. The first-order valence-corrected chi connectivity index (χ1v) is 9.38. The predicted molar refractivity (Wildman–Crippen MR) is 82.3 cm³/mol. The van der Waals surface area contributed by atoms with Gasteiger partial charge in [-0.2, -0.15) is 12.7 Å². The van der Waals surface area contributed by atoms with Crippen LogP contribution in [0.1, 0.15) is 47.7 Å². The summed E-state index contributed by atoms with van der Waals surface area (Å²) < 4.78 is 28.3. The molecule has 0 spiro atoms. The third-order valence-electron chi connectivity index (χ3n) is 3.72. The van der Waals surface area contributed by atoms with Crippen LogP contribution < -0.4 is 4.72 Å². The quantitative estimate of drug-likeness (QED) is 0.905. The molecular formula is C13H23N3O2S2. The van der Waals surface area contributed by atoms with Crippen LogP contribution in [0.15, 0.2) is 0 Å². The zero-order valence-electron chi connectivity index (χ0n) is 12.3. The van der Waals surface area contributed by atoms with Crippen LogP contribution in [0.5, 0.6) is 0 Å². The Morgan fingerprint density at radius 1 is 1.35 bits per heavy atom. The minimum atomic E-state index is -3.29. The number of aromatic nitrogens is 1. The highest BCUT2D eigenvalue weighted by Crippen LogP contribution is 2.32. The second-order valence-corrected chi connectivity index (χ2v) is 8.26. The van der Waals surface area contributed by atoms with Crippen molar-refractivity contribution in [3.8, 4) is 0 Å². The lowest BCUT2D eigenvalue weighted by Crippen LogP contribution is -2.44. The predicted octanol–water partition coefficient (Wildman–Crippen LogP) is 2.18. The molecular weight excluding hydrogens is 294 g/mol. The summed E-state index contributed by atoms with van der Waals surface area (Å²) in [4.78, 5) is 5.87. The van der Waals surface area contributed by atoms with Crippen molar-refractivity contribution in [1.82, 2.24) is 14.0 Å². The lowest BCUT2D eigenvalue weighted by molar-refractivity contribution is 0.315. The highest BCUT2D eigenvalue weighted by Gasteiger charge is 2.29. The lowest BCUT2D eigenvalue weighted by atomic mass is 9.99. The third kappa shape index (κ3) is 3.58. The van der Waals surface area contributed by atoms with Crippen LogP contribution in [0.2, 0.25) is 0 Å². The molecule has 1 aromatic heterocycles. The Morgan fingerprint density at radius 2 is 2.00 bits per heavy atom. The number of thiazole rings is 1. The molecule has 114 valence electrons. The van der Waals surface area contributed by atoms with E-state index in [1.165, 1.54) is 9.88 Å². The van der Waals surface area contributed by atoms with Crippen molar-refractivity contribution in [1.29, 1.82) is 0 Å². The van der Waals surface area contributed by atoms with Crippen LogP contribution in [-0.4, -0.2) is 37.3 Å². The highest BCUT2D eigenvalue weighted by atomic mass is 32.2. The molecule has 5 nitrogen and oxygen atoms in total. The number of aryl methyl sites for hydroxylation is 2. The molecule has 0 amide bonds. The molecule has 0 radical (unpaired) electrons. The minimum absolute atomic E-state index is 0.407. The monoisotopic (exact) mass is 317 g/mol. The Hall–Kier alpha value is -0.500. The van der Waals surface area contributed by atoms with E-state index in [4.69, 9.17) is 0 Å². The van der Waals surface area contributed by atoms with E-state index in [9.17, 15) is 8.42 Å². The van der Waals surface area contributed by atoms with Gasteiger partial charge in [0.15, 0.2) is 0 Å². The molecule has 0 unspecified atom stereocenters. The first kappa shape index (κ1) is 15.9. The fraction of sp³-hybridized carbons (Fsp3) is 0.769. The van der Waals surface area contributed by atoms with Gasteiger partial charge in [-0.25, -0.2) is 9.71 Å². The van der Waals surface area contributed by atoms with Gasteiger partial charge in [0.1, 0.15) is 0 Å². The first-order valence-electron chi connectivity index (χ1n) is 7.12. The minimum Gasteiger partial charge on any atom is -0.246 e. The van der Waals surface area contributed by atoms with E-state index in [0.717, 1.165) is 25.0 Å². The van der Waals surface area contributed by atoms with Crippen molar-refractivity contribution in [3.05, 3.63) is 15.6 Å². The molecule has 0 atom stereocenters. The molecule has 1 aliphatic heterocycles. The summed E-state index contributed by atoms with van der Waals surface area (Å²) in [5.74, 6) is 0.407. The summed E-state index contributed by atoms with van der Waals surface area (Å²) in [6.45, 7) is 7.76. The SMILES string of the molecule is CCCNS(=O)(=O)N1CCC(c2nc(C)c(C)s2)CC1. The van der Waals surface area contributed by atoms with Gasteiger partial charge < -0.3 is 0 Å². The van der Waals surface area contributed by atoms with Gasteiger partial charge in [-0.3, -0.25) is 0 Å². The Morgan fingerprint density at radius 3 is 2.50 bits per heavy atom. The number of nitrogens with one attached hydrogen (secondary N) is 1. The Kier molecular flexibility index (Phi) is 5.17. The molecule has 1 fully saturated rings. The van der Waals surface area contributed by atoms with E-state index in [2.05, 4.69) is 16.6 Å². The second-order valence-electron chi connectivity index (χ2n) is 5.27. The van der Waals surface area contributed by atoms with Crippen molar-refractivity contribution >= 4 is 21.5 Å². The Bertz CT molecular complexity index is 526. The summed E-state index contributed by atoms with van der Waals surface area (Å²) in [6.07, 6.45) is 2.53. The summed E-state index contributed by atoms with van der Waals surface area (Å²) in [5.41, 5.74) is 1.10. The van der Waals surface area contributed by atoms with Crippen LogP contribution in [0.4, 0.5) is 0 Å². The van der Waals surface area contributed by atoms with Crippen LogP contribution in [0, 0.1) is 13.8 Å². The van der Waals surface area contributed by atoms with E-state index in [1.54, 1.807) is 15.6 Å². The van der Waals surface area contributed by atoms with E-state index in [-0.39, 0.29) is 0 Å². The molecule has 1 saturated heterocycles. The zero-order valence-corrected chi connectivity index (χ0v) is 14.0. The maximum absolute atomic E-state index is 12.0. The molecule has 20 heavy (non-hydrogen) atoms. The molecule has 1 N–H and O–H groups in total. The fourth-order valence-corrected chi connectivity index (χ4v) is 4.77. The maximum Gasteiger partial charge on any atom is 0.279 e. The standard InChI is InChI=1S/C13H23N3O2S2/c1-4-7-14-20(17,18)16-8-5-12(6-9-16)13-15-10(2)11(3)19-13/h12,14H,4-9H2,1-3H3. The number of rotatable bonds is 5. The molecule has 0 bridgehead atoms. The normalized spacial score (nSPS) is 18.6. The average molecular weight is 317 g/mol. The smallest absolute Gasteiger partial charge is 0.246 e. The molecule has 2 heterocycles. The van der Waals surface area contributed by atoms with Crippen molar-refractivity contribution in [3.63, 3.8) is 0 Å². The van der Waals surface area contributed by atoms with Gasteiger partial charge in [-0.1, -0.05) is 6.92 Å². The van der Waals surface area contributed by atoms with Gasteiger partial charge >= 0.3 is 0 Å². The van der Waals surface area contributed by atoms with Crippen LogP contribution in [0.25, 0.3) is 0 Å². The second kappa shape index (κ2) is 6.51. The molecule has 1 aliphatic rings. The average Bonchev–Trinajstić information content (AvgIpc) is 2.77. The Balaban J connectivity index is 1.95. The number of piperidine rings is 1. The van der Waals surface area contributed by atoms with E-state index in [0.29, 0.717) is 25.6 Å². The molecule has 0 saturated carbocycles. The van der Waals surface area contributed by atoms with Gasteiger partial charge in [0.2, 0.25) is 0 Å². The Labute approximate surface area is 125 Å². The van der Waals surface area contributed by atoms with Gasteiger partial charge in [0.05, 0.1) is 10.7 Å².